The SMILES string of the molecule is CC(=O)CC1C[C@@H](C)O[C@H](C)C1. The van der Waals surface area contributed by atoms with Crippen molar-refractivity contribution in [3.05, 3.63) is 0 Å². The van der Waals surface area contributed by atoms with Gasteiger partial charge in [0.2, 0.25) is 0 Å². The third kappa shape index (κ3) is 2.94. The lowest BCUT2D eigenvalue weighted by atomic mass is 9.89. The molecule has 0 aromatic rings. The highest BCUT2D eigenvalue weighted by molar-refractivity contribution is 5.75. The number of rotatable bonds is 2. The predicted octanol–water partition coefficient (Wildman–Crippen LogP) is 2.17. The second-order valence-electron chi connectivity index (χ2n) is 4.00. The Morgan fingerprint density at radius 1 is 1.33 bits per heavy atom. The number of carbonyl (C=O) groups excluding carboxylic acids is 1. The smallest absolute Gasteiger partial charge is 0.130 e. The van der Waals surface area contributed by atoms with Crippen LogP contribution in [0.3, 0.4) is 0 Å². The average Bonchev–Trinajstić information content (AvgIpc) is 1.81. The Morgan fingerprint density at radius 2 is 1.83 bits per heavy atom. The lowest BCUT2D eigenvalue weighted by Gasteiger charge is -2.31. The Labute approximate surface area is 74.3 Å². The van der Waals surface area contributed by atoms with Crippen LogP contribution in [0, 0.1) is 5.92 Å². The maximum atomic E-state index is 10.9. The van der Waals surface area contributed by atoms with Crippen molar-refractivity contribution in [3.63, 3.8) is 0 Å². The Kier molecular flexibility index (Phi) is 3.27. The van der Waals surface area contributed by atoms with Gasteiger partial charge in [-0.3, -0.25) is 0 Å². The topological polar surface area (TPSA) is 26.3 Å². The summed E-state index contributed by atoms with van der Waals surface area (Å²) in [6.45, 7) is 5.84. The van der Waals surface area contributed by atoms with Crippen molar-refractivity contribution in [2.75, 3.05) is 0 Å². The van der Waals surface area contributed by atoms with Gasteiger partial charge in [0.1, 0.15) is 5.78 Å². The second-order valence-corrected chi connectivity index (χ2v) is 4.00. The van der Waals surface area contributed by atoms with Gasteiger partial charge in [-0.25, -0.2) is 0 Å². The van der Waals surface area contributed by atoms with Gasteiger partial charge in [0.15, 0.2) is 0 Å². The first-order chi connectivity index (χ1) is 5.58. The number of carbonyl (C=O) groups is 1. The molecule has 0 spiro atoms. The van der Waals surface area contributed by atoms with Gasteiger partial charge < -0.3 is 9.53 Å². The van der Waals surface area contributed by atoms with E-state index in [1.54, 1.807) is 6.92 Å². The molecule has 1 rings (SSSR count). The normalized spacial score (nSPS) is 36.4. The molecule has 2 heteroatoms. The van der Waals surface area contributed by atoms with Crippen LogP contribution < -0.4 is 0 Å². The van der Waals surface area contributed by atoms with E-state index >= 15 is 0 Å². The van der Waals surface area contributed by atoms with E-state index < -0.39 is 0 Å². The van der Waals surface area contributed by atoms with E-state index in [0.717, 1.165) is 19.3 Å². The summed E-state index contributed by atoms with van der Waals surface area (Å²) in [6, 6.07) is 0. The molecule has 70 valence electrons. The molecular weight excluding hydrogens is 152 g/mol. The van der Waals surface area contributed by atoms with Crippen molar-refractivity contribution in [1.82, 2.24) is 0 Å². The number of Topliss-reactive ketones (excluding diaryl/α,β-unsaturated/α-hetero) is 1. The van der Waals surface area contributed by atoms with Crippen LogP contribution in [-0.4, -0.2) is 18.0 Å². The first-order valence-electron chi connectivity index (χ1n) is 4.73. The molecule has 1 aliphatic heterocycles. The molecule has 12 heavy (non-hydrogen) atoms. The van der Waals surface area contributed by atoms with Gasteiger partial charge in [-0.2, -0.15) is 0 Å². The molecule has 0 aromatic heterocycles. The Balaban J connectivity index is 2.38. The van der Waals surface area contributed by atoms with E-state index in [-0.39, 0.29) is 0 Å². The van der Waals surface area contributed by atoms with Gasteiger partial charge in [0, 0.05) is 6.42 Å². The van der Waals surface area contributed by atoms with Crippen molar-refractivity contribution < 1.29 is 9.53 Å². The van der Waals surface area contributed by atoms with Crippen LogP contribution in [-0.2, 0) is 9.53 Å². The minimum absolute atomic E-state index is 0.307. The average molecular weight is 170 g/mol. The molecule has 0 amide bonds. The van der Waals surface area contributed by atoms with E-state index in [9.17, 15) is 4.79 Å². The van der Waals surface area contributed by atoms with Gasteiger partial charge in [-0.1, -0.05) is 0 Å². The van der Waals surface area contributed by atoms with Crippen molar-refractivity contribution in [1.29, 1.82) is 0 Å². The molecular formula is C10H18O2. The van der Waals surface area contributed by atoms with E-state index in [1.165, 1.54) is 0 Å². The van der Waals surface area contributed by atoms with Crippen LogP contribution in [0.25, 0.3) is 0 Å². The highest BCUT2D eigenvalue weighted by Gasteiger charge is 2.24. The molecule has 1 heterocycles. The van der Waals surface area contributed by atoms with Gasteiger partial charge in [-0.15, -0.1) is 0 Å². The summed E-state index contributed by atoms with van der Waals surface area (Å²) < 4.78 is 5.59. The van der Waals surface area contributed by atoms with Crippen molar-refractivity contribution in [2.45, 2.75) is 52.2 Å². The molecule has 0 unspecified atom stereocenters. The predicted molar refractivity (Wildman–Crippen MR) is 48.0 cm³/mol. The first kappa shape index (κ1) is 9.72. The van der Waals surface area contributed by atoms with Crippen LogP contribution in [0.1, 0.15) is 40.0 Å². The highest BCUT2D eigenvalue weighted by atomic mass is 16.5. The zero-order valence-electron chi connectivity index (χ0n) is 8.17. The fraction of sp³-hybridized carbons (Fsp3) is 0.900. The maximum Gasteiger partial charge on any atom is 0.130 e. The molecule has 0 N–H and O–H groups in total. The molecule has 1 aliphatic rings. The van der Waals surface area contributed by atoms with E-state index in [0.29, 0.717) is 23.9 Å². The summed E-state index contributed by atoms with van der Waals surface area (Å²) in [6.07, 6.45) is 3.49. The second kappa shape index (κ2) is 4.04. The van der Waals surface area contributed by atoms with Crippen LogP contribution in [0.15, 0.2) is 0 Å². The quantitative estimate of drug-likeness (QED) is 0.635. The van der Waals surface area contributed by atoms with Crippen LogP contribution in [0.2, 0.25) is 0 Å². The first-order valence-corrected chi connectivity index (χ1v) is 4.73. The molecule has 1 saturated heterocycles. The van der Waals surface area contributed by atoms with Crippen molar-refractivity contribution in [2.24, 2.45) is 5.92 Å². The number of hydrogen-bond acceptors (Lipinski definition) is 2. The van der Waals surface area contributed by atoms with Gasteiger partial charge >= 0.3 is 0 Å². The van der Waals surface area contributed by atoms with Crippen molar-refractivity contribution >= 4 is 5.78 Å². The molecule has 2 atom stereocenters. The third-order valence-corrected chi connectivity index (χ3v) is 2.37. The molecule has 0 bridgehead atoms. The number of ether oxygens (including phenoxy) is 1. The largest absolute Gasteiger partial charge is 0.376 e. The van der Waals surface area contributed by atoms with Crippen molar-refractivity contribution in [3.8, 4) is 0 Å². The van der Waals surface area contributed by atoms with Crippen LogP contribution >= 0.6 is 0 Å². The molecule has 1 fully saturated rings. The summed E-state index contributed by atoms with van der Waals surface area (Å²) in [7, 11) is 0. The van der Waals surface area contributed by atoms with Crippen LogP contribution in [0.4, 0.5) is 0 Å². The molecule has 0 saturated carbocycles. The Bertz CT molecular complexity index is 155. The van der Waals surface area contributed by atoms with Gasteiger partial charge in [-0.05, 0) is 39.5 Å². The highest BCUT2D eigenvalue weighted by Crippen LogP contribution is 2.27. The number of ketones is 1. The lowest BCUT2D eigenvalue weighted by Crippen LogP contribution is -2.30. The standard InChI is InChI=1S/C10H18O2/c1-7(11)4-10-5-8(2)12-9(3)6-10/h8-10H,4-6H2,1-3H3/t8-,9-/m1/s1. The molecule has 0 aromatic carbocycles. The summed E-state index contributed by atoms with van der Waals surface area (Å²) >= 11 is 0. The minimum atomic E-state index is 0.307. The Morgan fingerprint density at radius 3 is 2.25 bits per heavy atom. The zero-order chi connectivity index (χ0) is 9.14. The van der Waals surface area contributed by atoms with E-state index in [2.05, 4.69) is 13.8 Å². The fourth-order valence-electron chi connectivity index (χ4n) is 2.12. The van der Waals surface area contributed by atoms with Gasteiger partial charge in [0.25, 0.3) is 0 Å². The molecule has 0 radical (unpaired) electrons. The van der Waals surface area contributed by atoms with Gasteiger partial charge in [0.05, 0.1) is 12.2 Å². The van der Waals surface area contributed by atoms with Crippen LogP contribution in [0.5, 0.6) is 0 Å². The third-order valence-electron chi connectivity index (χ3n) is 2.37. The molecule has 2 nitrogen and oxygen atoms in total. The zero-order valence-corrected chi connectivity index (χ0v) is 8.17. The lowest BCUT2D eigenvalue weighted by molar-refractivity contribution is -0.120. The summed E-state index contributed by atoms with van der Waals surface area (Å²) in [5.41, 5.74) is 0. The summed E-state index contributed by atoms with van der Waals surface area (Å²) in [5.74, 6) is 0.863. The molecule has 0 aliphatic carbocycles. The van der Waals surface area contributed by atoms with E-state index in [1.807, 2.05) is 0 Å². The number of hydrogen-bond donors (Lipinski definition) is 0. The van der Waals surface area contributed by atoms with E-state index in [4.69, 9.17) is 4.74 Å². The summed E-state index contributed by atoms with van der Waals surface area (Å²) in [4.78, 5) is 10.9. The fourth-order valence-corrected chi connectivity index (χ4v) is 2.12. The maximum absolute atomic E-state index is 10.9. The minimum Gasteiger partial charge on any atom is -0.376 e. The Hall–Kier alpha value is -0.370. The summed E-state index contributed by atoms with van der Waals surface area (Å²) in [5, 5.41) is 0. The monoisotopic (exact) mass is 170 g/mol.